The lowest BCUT2D eigenvalue weighted by atomic mass is 10.00. The highest BCUT2D eigenvalue weighted by molar-refractivity contribution is 5.90. The van der Waals surface area contributed by atoms with Crippen LogP contribution >= 0.6 is 0 Å². The molecule has 9 nitrogen and oxygen atoms in total. The molecular weight excluding hydrogens is 530 g/mol. The number of nitrogen functional groups attached to an aromatic ring is 1. The van der Waals surface area contributed by atoms with E-state index < -0.39 is 11.2 Å². The predicted octanol–water partition coefficient (Wildman–Crippen LogP) is 4.11. The third-order valence-electron chi connectivity index (χ3n) is 7.69. The lowest BCUT2D eigenvalue weighted by Crippen LogP contribution is -2.38. The van der Waals surface area contributed by atoms with E-state index in [1.807, 2.05) is 12.1 Å². The van der Waals surface area contributed by atoms with Crippen molar-refractivity contribution in [2.24, 2.45) is 7.05 Å². The number of piperidine rings is 1. The monoisotopic (exact) mass is 567 g/mol. The number of nitrogens with two attached hydrogens (primary N) is 1. The minimum atomic E-state index is -0.528. The molecule has 9 heteroatoms. The Balaban J connectivity index is 1.07. The van der Waals surface area contributed by atoms with Crippen LogP contribution < -0.4 is 22.3 Å². The SMILES string of the molecule is Cn1c(=O)cc(N)n(-c2ccc(NC(=O)CCCN3CCC(OC(c4ccccc4)c4ccccc4)CC3)cc2)c1=O. The maximum absolute atomic E-state index is 12.6. The van der Waals surface area contributed by atoms with Gasteiger partial charge < -0.3 is 20.7 Å². The van der Waals surface area contributed by atoms with Crippen molar-refractivity contribution in [1.29, 1.82) is 0 Å². The molecule has 0 bridgehead atoms. The number of hydrogen-bond acceptors (Lipinski definition) is 6. The van der Waals surface area contributed by atoms with Gasteiger partial charge in [-0.25, -0.2) is 9.36 Å². The summed E-state index contributed by atoms with van der Waals surface area (Å²) in [4.78, 5) is 39.2. The van der Waals surface area contributed by atoms with Gasteiger partial charge in [0.05, 0.1) is 11.8 Å². The molecule has 1 aliphatic heterocycles. The molecule has 0 saturated carbocycles. The molecule has 5 rings (SSSR count). The molecule has 4 aromatic rings. The summed E-state index contributed by atoms with van der Waals surface area (Å²) in [5.74, 6) is -0.00369. The number of carbonyl (C=O) groups excluding carboxylic acids is 1. The largest absolute Gasteiger partial charge is 0.385 e. The first-order valence-corrected chi connectivity index (χ1v) is 14.4. The van der Waals surface area contributed by atoms with Gasteiger partial charge >= 0.3 is 5.69 Å². The Morgan fingerprint density at radius 2 is 1.52 bits per heavy atom. The maximum atomic E-state index is 12.6. The van der Waals surface area contributed by atoms with E-state index in [-0.39, 0.29) is 23.9 Å². The van der Waals surface area contributed by atoms with Gasteiger partial charge in [0.1, 0.15) is 11.9 Å². The second-order valence-corrected chi connectivity index (χ2v) is 10.7. The molecule has 218 valence electrons. The number of rotatable bonds is 10. The van der Waals surface area contributed by atoms with Gasteiger partial charge in [0.2, 0.25) is 5.91 Å². The smallest absolute Gasteiger partial charge is 0.336 e. The number of anilines is 2. The van der Waals surface area contributed by atoms with Crippen LogP contribution in [0.2, 0.25) is 0 Å². The first kappa shape index (κ1) is 29.0. The molecular formula is C33H37N5O4. The van der Waals surface area contributed by atoms with Crippen LogP contribution in [-0.2, 0) is 16.6 Å². The number of likely N-dealkylation sites (tertiary alicyclic amines) is 1. The van der Waals surface area contributed by atoms with E-state index in [1.54, 1.807) is 24.3 Å². The van der Waals surface area contributed by atoms with Crippen molar-refractivity contribution >= 4 is 17.4 Å². The van der Waals surface area contributed by atoms with Gasteiger partial charge in [-0.1, -0.05) is 60.7 Å². The van der Waals surface area contributed by atoms with E-state index in [1.165, 1.54) is 17.7 Å². The highest BCUT2D eigenvalue weighted by atomic mass is 16.5. The summed E-state index contributed by atoms with van der Waals surface area (Å²) in [7, 11) is 1.40. The van der Waals surface area contributed by atoms with Gasteiger partial charge in [-0.15, -0.1) is 0 Å². The van der Waals surface area contributed by atoms with Crippen molar-refractivity contribution in [3.05, 3.63) is 123 Å². The Bertz CT molecular complexity index is 1550. The Morgan fingerprint density at radius 3 is 2.12 bits per heavy atom. The van der Waals surface area contributed by atoms with Crippen LogP contribution in [0, 0.1) is 0 Å². The van der Waals surface area contributed by atoms with Crippen LogP contribution in [0.25, 0.3) is 5.69 Å². The summed E-state index contributed by atoms with van der Waals surface area (Å²) in [6.07, 6.45) is 3.19. The first-order valence-electron chi connectivity index (χ1n) is 14.4. The molecule has 0 unspecified atom stereocenters. The zero-order valence-corrected chi connectivity index (χ0v) is 23.8. The number of aromatic nitrogens is 2. The minimum absolute atomic E-state index is 0.0580. The second kappa shape index (κ2) is 13.5. The summed E-state index contributed by atoms with van der Waals surface area (Å²) in [5.41, 5.74) is 8.38. The van der Waals surface area contributed by atoms with E-state index in [0.717, 1.165) is 54.6 Å². The summed E-state index contributed by atoms with van der Waals surface area (Å²) < 4.78 is 8.90. The predicted molar refractivity (Wildman–Crippen MR) is 165 cm³/mol. The van der Waals surface area contributed by atoms with Gasteiger partial charge in [-0.2, -0.15) is 0 Å². The average Bonchev–Trinajstić information content (AvgIpc) is 3.01. The quantitative estimate of drug-likeness (QED) is 0.298. The molecule has 1 amide bonds. The second-order valence-electron chi connectivity index (χ2n) is 10.7. The van der Waals surface area contributed by atoms with Gasteiger partial charge in [0, 0.05) is 38.3 Å². The lowest BCUT2D eigenvalue weighted by molar-refractivity contribution is -0.116. The van der Waals surface area contributed by atoms with Crippen molar-refractivity contribution in [3.63, 3.8) is 0 Å². The van der Waals surface area contributed by atoms with Crippen molar-refractivity contribution in [3.8, 4) is 5.69 Å². The number of nitrogens with zero attached hydrogens (tertiary/aromatic N) is 3. The highest BCUT2D eigenvalue weighted by Gasteiger charge is 2.24. The van der Waals surface area contributed by atoms with Gasteiger partial charge in [-0.05, 0) is 61.2 Å². The molecule has 0 aliphatic carbocycles. The number of ether oxygens (including phenoxy) is 1. The summed E-state index contributed by atoms with van der Waals surface area (Å²) >= 11 is 0. The zero-order valence-electron chi connectivity index (χ0n) is 23.8. The number of benzene rings is 3. The van der Waals surface area contributed by atoms with Crippen LogP contribution in [-0.4, -0.2) is 45.7 Å². The lowest BCUT2D eigenvalue weighted by Gasteiger charge is -2.34. The van der Waals surface area contributed by atoms with Crippen LogP contribution in [0.3, 0.4) is 0 Å². The molecule has 1 fully saturated rings. The molecule has 0 spiro atoms. The Kier molecular flexibility index (Phi) is 9.31. The molecule has 3 N–H and O–H groups in total. The highest BCUT2D eigenvalue weighted by Crippen LogP contribution is 2.30. The zero-order chi connectivity index (χ0) is 29.5. The number of nitrogens with one attached hydrogen (secondary N) is 1. The molecule has 1 aliphatic rings. The standard InChI is InChI=1S/C33H37N5O4/c1-36-31(40)23-29(34)38(33(36)41)27-16-14-26(15-17-27)35-30(39)13-8-20-37-21-18-28(19-22-37)42-32(24-9-4-2-5-10-24)25-11-6-3-7-12-25/h2-7,9-12,14-17,23,28,32H,8,13,18-22,34H2,1H3,(H,35,39). The molecule has 0 radical (unpaired) electrons. The summed E-state index contributed by atoms with van der Waals surface area (Å²) in [5, 5.41) is 2.92. The van der Waals surface area contributed by atoms with Gasteiger partial charge in [-0.3, -0.25) is 14.2 Å². The topological polar surface area (TPSA) is 112 Å². The van der Waals surface area contributed by atoms with Crippen LogP contribution in [0.1, 0.15) is 42.9 Å². The fourth-order valence-electron chi connectivity index (χ4n) is 5.35. The van der Waals surface area contributed by atoms with Crippen molar-refractivity contribution in [1.82, 2.24) is 14.0 Å². The maximum Gasteiger partial charge on any atom is 0.336 e. The van der Waals surface area contributed by atoms with E-state index in [9.17, 15) is 14.4 Å². The minimum Gasteiger partial charge on any atom is -0.385 e. The van der Waals surface area contributed by atoms with E-state index in [0.29, 0.717) is 17.8 Å². The van der Waals surface area contributed by atoms with E-state index >= 15 is 0 Å². The van der Waals surface area contributed by atoms with Crippen LogP contribution in [0.5, 0.6) is 0 Å². The number of carbonyl (C=O) groups is 1. The third kappa shape index (κ3) is 7.05. The molecule has 0 atom stereocenters. The Hall–Kier alpha value is -4.47. The molecule has 2 heterocycles. The van der Waals surface area contributed by atoms with Crippen LogP contribution in [0.4, 0.5) is 11.5 Å². The van der Waals surface area contributed by atoms with Crippen molar-refractivity contribution < 1.29 is 9.53 Å². The summed E-state index contributed by atoms with van der Waals surface area (Å²) in [6.45, 7) is 2.74. The molecule has 42 heavy (non-hydrogen) atoms. The fourth-order valence-corrected chi connectivity index (χ4v) is 5.35. The Morgan fingerprint density at radius 1 is 0.929 bits per heavy atom. The molecule has 1 saturated heterocycles. The first-order chi connectivity index (χ1) is 20.4. The molecule has 1 aromatic heterocycles. The number of amides is 1. The van der Waals surface area contributed by atoms with Gasteiger partial charge in [0.25, 0.3) is 5.56 Å². The van der Waals surface area contributed by atoms with E-state index in [2.05, 4.69) is 58.7 Å². The van der Waals surface area contributed by atoms with E-state index in [4.69, 9.17) is 10.5 Å². The fraction of sp³-hybridized carbons (Fsp3) is 0.303. The Labute approximate surface area is 245 Å². The third-order valence-corrected chi connectivity index (χ3v) is 7.69. The average molecular weight is 568 g/mol. The molecule has 3 aromatic carbocycles. The summed E-state index contributed by atoms with van der Waals surface area (Å²) in [6, 6.07) is 28.8. The van der Waals surface area contributed by atoms with Gasteiger partial charge in [0.15, 0.2) is 0 Å². The van der Waals surface area contributed by atoms with Crippen molar-refractivity contribution in [2.45, 2.75) is 37.9 Å². The van der Waals surface area contributed by atoms with Crippen molar-refractivity contribution in [2.75, 3.05) is 30.7 Å². The number of hydrogen-bond donors (Lipinski definition) is 2. The normalized spacial score (nSPS) is 14.2. The van der Waals surface area contributed by atoms with Crippen LogP contribution in [0.15, 0.2) is 101 Å².